The Balaban J connectivity index is 1.33. The second-order valence-electron chi connectivity index (χ2n) is 7.00. The van der Waals surface area contributed by atoms with Crippen LogP contribution in [0.25, 0.3) is 22.6 Å². The minimum absolute atomic E-state index is 0.303. The maximum absolute atomic E-state index is 12.5. The van der Waals surface area contributed by atoms with Crippen molar-refractivity contribution in [1.29, 1.82) is 0 Å². The Kier molecular flexibility index (Phi) is 4.52. The van der Waals surface area contributed by atoms with Gasteiger partial charge in [0, 0.05) is 22.3 Å². The van der Waals surface area contributed by atoms with Gasteiger partial charge in [-0.15, -0.1) is 0 Å². The average molecular weight is 432 g/mol. The van der Waals surface area contributed by atoms with E-state index in [-0.39, 0.29) is 6.54 Å². The molecule has 1 aliphatic heterocycles. The van der Waals surface area contributed by atoms with Crippen molar-refractivity contribution in [3.05, 3.63) is 82.9 Å². The summed E-state index contributed by atoms with van der Waals surface area (Å²) in [6.45, 7) is -0.380. The monoisotopic (exact) mass is 431 g/mol. The van der Waals surface area contributed by atoms with E-state index in [1.54, 1.807) is 60.7 Å². The van der Waals surface area contributed by atoms with Crippen molar-refractivity contribution in [2.24, 2.45) is 0 Å². The Morgan fingerprint density at radius 3 is 2.42 bits per heavy atom. The third-order valence-corrected chi connectivity index (χ3v) is 5.16. The van der Waals surface area contributed by atoms with E-state index >= 15 is 0 Å². The number of oxazole rings is 1. The molecule has 0 aliphatic carbocycles. The Morgan fingerprint density at radius 1 is 0.968 bits per heavy atom. The van der Waals surface area contributed by atoms with Crippen LogP contribution in [0, 0.1) is 0 Å². The van der Waals surface area contributed by atoms with Crippen LogP contribution in [0.1, 0.15) is 20.7 Å². The van der Waals surface area contributed by atoms with E-state index in [1.165, 1.54) is 0 Å². The van der Waals surface area contributed by atoms with E-state index < -0.39 is 17.7 Å². The Morgan fingerprint density at radius 2 is 1.71 bits per heavy atom. The lowest BCUT2D eigenvalue weighted by atomic mass is 10.1. The topological polar surface area (TPSA) is 92.5 Å². The number of nitrogens with zero attached hydrogens (tertiary/aromatic N) is 2. The van der Waals surface area contributed by atoms with Gasteiger partial charge in [0.2, 0.25) is 11.8 Å². The molecule has 0 atom stereocenters. The van der Waals surface area contributed by atoms with Crippen molar-refractivity contribution < 1.29 is 18.8 Å². The molecule has 0 saturated carbocycles. The van der Waals surface area contributed by atoms with Gasteiger partial charge in [-0.3, -0.25) is 19.3 Å². The molecular formula is C23H14ClN3O4. The molecule has 0 radical (unpaired) electrons. The lowest BCUT2D eigenvalue weighted by Gasteiger charge is -2.13. The molecule has 0 saturated heterocycles. The number of amides is 3. The largest absolute Gasteiger partial charge is 0.436 e. The van der Waals surface area contributed by atoms with Crippen molar-refractivity contribution in [3.8, 4) is 11.5 Å². The number of aromatic nitrogens is 1. The van der Waals surface area contributed by atoms with Gasteiger partial charge in [0.1, 0.15) is 12.1 Å². The molecule has 3 aromatic carbocycles. The number of benzene rings is 3. The molecule has 1 N–H and O–H groups in total. The van der Waals surface area contributed by atoms with Crippen LogP contribution >= 0.6 is 11.6 Å². The molecule has 8 heteroatoms. The summed E-state index contributed by atoms with van der Waals surface area (Å²) >= 11 is 6.03. The number of halogens is 1. The molecule has 3 amide bonds. The highest BCUT2D eigenvalue weighted by Gasteiger charge is 2.36. The van der Waals surface area contributed by atoms with Crippen molar-refractivity contribution in [3.63, 3.8) is 0 Å². The number of hydrogen-bond acceptors (Lipinski definition) is 5. The lowest BCUT2D eigenvalue weighted by molar-refractivity contribution is -0.116. The third kappa shape index (κ3) is 3.45. The highest BCUT2D eigenvalue weighted by molar-refractivity contribution is 6.30. The summed E-state index contributed by atoms with van der Waals surface area (Å²) in [4.78, 5) is 42.7. The average Bonchev–Trinajstić information content (AvgIpc) is 3.29. The van der Waals surface area contributed by atoms with Crippen LogP contribution in [0.15, 0.2) is 71.1 Å². The Hall–Kier alpha value is -3.97. The van der Waals surface area contributed by atoms with Crippen LogP contribution in [0.5, 0.6) is 0 Å². The zero-order chi connectivity index (χ0) is 21.5. The lowest BCUT2D eigenvalue weighted by Crippen LogP contribution is -2.37. The van der Waals surface area contributed by atoms with Crippen LogP contribution in [-0.2, 0) is 4.79 Å². The molecule has 0 spiro atoms. The van der Waals surface area contributed by atoms with Crippen LogP contribution < -0.4 is 5.32 Å². The quantitative estimate of drug-likeness (QED) is 0.484. The van der Waals surface area contributed by atoms with Crippen LogP contribution in [0.3, 0.4) is 0 Å². The molecule has 2 heterocycles. The smallest absolute Gasteiger partial charge is 0.262 e. The van der Waals surface area contributed by atoms with Gasteiger partial charge in [0.15, 0.2) is 5.58 Å². The molecule has 0 unspecified atom stereocenters. The second-order valence-corrected chi connectivity index (χ2v) is 7.44. The van der Waals surface area contributed by atoms with E-state index in [2.05, 4.69) is 10.3 Å². The van der Waals surface area contributed by atoms with Crippen LogP contribution in [0.4, 0.5) is 5.69 Å². The number of hydrogen-bond donors (Lipinski definition) is 1. The third-order valence-electron chi connectivity index (χ3n) is 4.92. The Bertz CT molecular complexity index is 1340. The fourth-order valence-electron chi connectivity index (χ4n) is 3.47. The highest BCUT2D eigenvalue weighted by Crippen LogP contribution is 2.28. The van der Waals surface area contributed by atoms with Gasteiger partial charge >= 0.3 is 0 Å². The van der Waals surface area contributed by atoms with E-state index in [9.17, 15) is 14.4 Å². The van der Waals surface area contributed by atoms with Gasteiger partial charge in [-0.25, -0.2) is 4.98 Å². The summed E-state index contributed by atoms with van der Waals surface area (Å²) in [5.41, 5.74) is 2.90. The normalized spacial score (nSPS) is 13.0. The van der Waals surface area contributed by atoms with Gasteiger partial charge in [0.05, 0.1) is 11.1 Å². The first-order chi connectivity index (χ1) is 15.0. The molecule has 4 aromatic rings. The molecule has 1 aliphatic rings. The first-order valence-corrected chi connectivity index (χ1v) is 9.79. The molecule has 152 valence electrons. The number of imide groups is 1. The number of carbonyl (C=O) groups excluding carboxylic acids is 3. The fourth-order valence-corrected chi connectivity index (χ4v) is 3.66. The van der Waals surface area contributed by atoms with Gasteiger partial charge < -0.3 is 9.73 Å². The molecule has 0 bridgehead atoms. The SMILES string of the molecule is O=C(CN1C(=O)c2ccccc2C1=O)Nc1ccc2nc(-c3cccc(Cl)c3)oc2c1. The predicted molar refractivity (Wildman–Crippen MR) is 115 cm³/mol. The van der Waals surface area contributed by atoms with Gasteiger partial charge in [-0.1, -0.05) is 29.8 Å². The predicted octanol–water partition coefficient (Wildman–Crippen LogP) is 4.38. The standard InChI is InChI=1S/C23H14ClN3O4/c24-14-5-3-4-13(10-14)21-26-18-9-8-15(11-19(18)31-21)25-20(28)12-27-22(29)16-6-1-2-7-17(16)23(27)30/h1-11H,12H2,(H,25,28). The minimum atomic E-state index is -0.497. The van der Waals surface area contributed by atoms with Crippen LogP contribution in [-0.4, -0.2) is 34.2 Å². The van der Waals surface area contributed by atoms with E-state index in [4.69, 9.17) is 16.0 Å². The number of anilines is 1. The Labute approximate surface area is 181 Å². The molecule has 0 fully saturated rings. The molecule has 31 heavy (non-hydrogen) atoms. The summed E-state index contributed by atoms with van der Waals surface area (Å²) in [6.07, 6.45) is 0. The van der Waals surface area contributed by atoms with Gasteiger partial charge in [0.25, 0.3) is 11.8 Å². The van der Waals surface area contributed by atoms with E-state index in [0.717, 1.165) is 10.5 Å². The van der Waals surface area contributed by atoms with Crippen molar-refractivity contribution in [1.82, 2.24) is 9.88 Å². The first-order valence-electron chi connectivity index (χ1n) is 9.41. The summed E-state index contributed by atoms with van der Waals surface area (Å²) in [7, 11) is 0. The van der Waals surface area contributed by atoms with E-state index in [0.29, 0.717) is 38.8 Å². The number of carbonyl (C=O) groups is 3. The fraction of sp³-hybridized carbons (Fsp3) is 0.0435. The molecule has 1 aromatic heterocycles. The molecule has 7 nitrogen and oxygen atoms in total. The minimum Gasteiger partial charge on any atom is -0.436 e. The zero-order valence-corrected chi connectivity index (χ0v) is 16.7. The van der Waals surface area contributed by atoms with Crippen LogP contribution in [0.2, 0.25) is 5.02 Å². The molecule has 5 rings (SSSR count). The van der Waals surface area contributed by atoms with Gasteiger partial charge in [-0.2, -0.15) is 0 Å². The second kappa shape index (κ2) is 7.37. The maximum atomic E-state index is 12.5. The summed E-state index contributed by atoms with van der Waals surface area (Å²) < 4.78 is 5.80. The number of rotatable bonds is 4. The van der Waals surface area contributed by atoms with Gasteiger partial charge in [-0.05, 0) is 42.5 Å². The zero-order valence-electron chi connectivity index (χ0n) is 16.0. The van der Waals surface area contributed by atoms with Crippen molar-refractivity contribution in [2.75, 3.05) is 11.9 Å². The maximum Gasteiger partial charge on any atom is 0.262 e. The van der Waals surface area contributed by atoms with Crippen molar-refractivity contribution >= 4 is 46.1 Å². The molecular weight excluding hydrogens is 418 g/mol. The summed E-state index contributed by atoms with van der Waals surface area (Å²) in [6, 6.07) is 18.7. The van der Waals surface area contributed by atoms with E-state index in [1.807, 2.05) is 6.07 Å². The highest BCUT2D eigenvalue weighted by atomic mass is 35.5. The summed E-state index contributed by atoms with van der Waals surface area (Å²) in [5, 5.41) is 3.26. The summed E-state index contributed by atoms with van der Waals surface area (Å²) in [5.74, 6) is -1.05. The number of nitrogens with one attached hydrogen (secondary N) is 1. The first kappa shape index (κ1) is 19.0. The van der Waals surface area contributed by atoms with Crippen molar-refractivity contribution in [2.45, 2.75) is 0 Å². The number of fused-ring (bicyclic) bond motifs is 2.